The fraction of sp³-hybridized carbons (Fsp3) is 0.0909. The van der Waals surface area contributed by atoms with Gasteiger partial charge in [0, 0.05) is 5.56 Å². The second kappa shape index (κ2) is 4.83. The van der Waals surface area contributed by atoms with Crippen LogP contribution < -0.4 is 5.32 Å². The van der Waals surface area contributed by atoms with Gasteiger partial charge in [-0.25, -0.2) is 0 Å². The molecule has 0 aliphatic heterocycles. The summed E-state index contributed by atoms with van der Waals surface area (Å²) in [7, 11) is 0. The molecule has 14 heavy (non-hydrogen) atoms. The largest absolute Gasteiger partial charge is 0.333 e. The second-order valence-corrected chi connectivity index (χ2v) is 2.68. The highest BCUT2D eigenvalue weighted by molar-refractivity contribution is 5.94. The van der Waals surface area contributed by atoms with Crippen molar-refractivity contribution in [1.29, 1.82) is 5.26 Å². The van der Waals surface area contributed by atoms with E-state index < -0.39 is 6.04 Å². The van der Waals surface area contributed by atoms with E-state index in [1.54, 1.807) is 24.3 Å². The maximum atomic E-state index is 11.5. The molecule has 0 bridgehead atoms. The van der Waals surface area contributed by atoms with Crippen LogP contribution in [-0.4, -0.2) is 11.9 Å². The van der Waals surface area contributed by atoms with Crippen molar-refractivity contribution in [2.24, 2.45) is 0 Å². The van der Waals surface area contributed by atoms with Gasteiger partial charge in [-0.2, -0.15) is 5.26 Å². The third-order valence-electron chi connectivity index (χ3n) is 1.70. The van der Waals surface area contributed by atoms with Crippen molar-refractivity contribution in [2.75, 3.05) is 0 Å². The van der Waals surface area contributed by atoms with Crippen LogP contribution in [0.15, 0.2) is 43.0 Å². The zero-order valence-electron chi connectivity index (χ0n) is 7.60. The predicted octanol–water partition coefficient (Wildman–Crippen LogP) is 1.49. The number of carbonyl (C=O) groups excluding carboxylic acids is 1. The lowest BCUT2D eigenvalue weighted by molar-refractivity contribution is 0.0951. The number of hydrogen-bond donors (Lipinski definition) is 1. The summed E-state index contributed by atoms with van der Waals surface area (Å²) in [6.45, 7) is 3.44. The molecule has 0 aromatic heterocycles. The standard InChI is InChI=1S/C11H10N2O/c1-2-10(8-12)13-11(14)9-6-4-3-5-7-9/h2-7,10H,1H2,(H,13,14)/t10-/m0/s1. The average molecular weight is 186 g/mol. The zero-order valence-corrected chi connectivity index (χ0v) is 7.60. The molecule has 1 N–H and O–H groups in total. The number of hydrogen-bond acceptors (Lipinski definition) is 2. The van der Waals surface area contributed by atoms with Crippen LogP contribution in [0, 0.1) is 11.3 Å². The van der Waals surface area contributed by atoms with Crippen molar-refractivity contribution < 1.29 is 4.79 Å². The first-order valence-corrected chi connectivity index (χ1v) is 4.16. The Balaban J connectivity index is 2.69. The summed E-state index contributed by atoms with van der Waals surface area (Å²) in [6, 6.07) is 10.0. The first-order valence-electron chi connectivity index (χ1n) is 4.16. The van der Waals surface area contributed by atoms with Gasteiger partial charge in [-0.1, -0.05) is 30.9 Å². The molecule has 0 unspecified atom stereocenters. The van der Waals surface area contributed by atoms with Gasteiger partial charge in [0.25, 0.3) is 5.91 Å². The van der Waals surface area contributed by atoms with Crippen molar-refractivity contribution in [3.05, 3.63) is 48.6 Å². The SMILES string of the molecule is C=C[C@@H](C#N)NC(=O)c1ccccc1. The minimum atomic E-state index is -0.636. The quantitative estimate of drug-likeness (QED) is 0.727. The molecule has 1 atom stereocenters. The lowest BCUT2D eigenvalue weighted by atomic mass is 10.2. The maximum absolute atomic E-state index is 11.5. The first-order chi connectivity index (χ1) is 6.77. The fourth-order valence-electron chi connectivity index (χ4n) is 0.958. The molecule has 1 aromatic carbocycles. The van der Waals surface area contributed by atoms with Crippen LogP contribution in [0.3, 0.4) is 0 Å². The van der Waals surface area contributed by atoms with Crippen LogP contribution in [0.5, 0.6) is 0 Å². The molecule has 1 aromatic rings. The Labute approximate surface area is 82.7 Å². The van der Waals surface area contributed by atoms with E-state index in [-0.39, 0.29) is 5.91 Å². The van der Waals surface area contributed by atoms with Crippen molar-refractivity contribution >= 4 is 5.91 Å². The summed E-state index contributed by atoms with van der Waals surface area (Å²) in [5.74, 6) is -0.267. The zero-order chi connectivity index (χ0) is 10.4. The maximum Gasteiger partial charge on any atom is 0.252 e. The van der Waals surface area contributed by atoms with E-state index in [9.17, 15) is 4.79 Å². The van der Waals surface area contributed by atoms with Crippen LogP contribution in [0.4, 0.5) is 0 Å². The Morgan fingerprint density at radius 2 is 2.14 bits per heavy atom. The van der Waals surface area contributed by atoms with Crippen LogP contribution >= 0.6 is 0 Å². The van der Waals surface area contributed by atoms with E-state index in [0.717, 1.165) is 0 Å². The number of nitrogens with zero attached hydrogens (tertiary/aromatic N) is 1. The normalized spacial score (nSPS) is 11.1. The Kier molecular flexibility index (Phi) is 3.45. The first kappa shape index (κ1) is 10.0. The number of benzene rings is 1. The Hall–Kier alpha value is -2.08. The Bertz CT molecular complexity index is 365. The molecule has 0 saturated heterocycles. The summed E-state index contributed by atoms with van der Waals surface area (Å²) < 4.78 is 0. The smallest absolute Gasteiger partial charge is 0.252 e. The number of carbonyl (C=O) groups is 1. The third-order valence-corrected chi connectivity index (χ3v) is 1.70. The van der Waals surface area contributed by atoms with Gasteiger partial charge < -0.3 is 5.32 Å². The summed E-state index contributed by atoms with van der Waals surface area (Å²) in [4.78, 5) is 11.5. The van der Waals surface area contributed by atoms with E-state index in [2.05, 4.69) is 11.9 Å². The highest BCUT2D eigenvalue weighted by atomic mass is 16.1. The predicted molar refractivity (Wildman–Crippen MR) is 53.5 cm³/mol. The second-order valence-electron chi connectivity index (χ2n) is 2.68. The van der Waals surface area contributed by atoms with E-state index >= 15 is 0 Å². The highest BCUT2D eigenvalue weighted by Gasteiger charge is 2.08. The molecule has 0 saturated carbocycles. The van der Waals surface area contributed by atoms with Gasteiger partial charge in [-0.05, 0) is 12.1 Å². The molecule has 0 fully saturated rings. The fourth-order valence-corrected chi connectivity index (χ4v) is 0.958. The molecule has 0 aliphatic rings. The molecule has 3 nitrogen and oxygen atoms in total. The van der Waals surface area contributed by atoms with Crippen molar-refractivity contribution in [2.45, 2.75) is 6.04 Å². The van der Waals surface area contributed by atoms with Crippen LogP contribution in [-0.2, 0) is 0 Å². The van der Waals surface area contributed by atoms with Crippen molar-refractivity contribution in [1.82, 2.24) is 5.32 Å². The monoisotopic (exact) mass is 186 g/mol. The molecular formula is C11H10N2O. The Morgan fingerprint density at radius 3 is 2.64 bits per heavy atom. The van der Waals surface area contributed by atoms with Gasteiger partial charge in [0.05, 0.1) is 6.07 Å². The van der Waals surface area contributed by atoms with Gasteiger partial charge in [0.2, 0.25) is 0 Å². The molecule has 0 heterocycles. The van der Waals surface area contributed by atoms with Gasteiger partial charge in [0.1, 0.15) is 6.04 Å². The number of rotatable bonds is 3. The molecule has 3 heteroatoms. The van der Waals surface area contributed by atoms with Gasteiger partial charge >= 0.3 is 0 Å². The summed E-state index contributed by atoms with van der Waals surface area (Å²) in [5, 5.41) is 11.1. The number of amides is 1. The topological polar surface area (TPSA) is 52.9 Å². The van der Waals surface area contributed by atoms with Gasteiger partial charge in [0.15, 0.2) is 0 Å². The van der Waals surface area contributed by atoms with Crippen molar-refractivity contribution in [3.8, 4) is 6.07 Å². The highest BCUT2D eigenvalue weighted by Crippen LogP contribution is 1.98. The van der Waals surface area contributed by atoms with E-state index in [1.807, 2.05) is 12.1 Å². The van der Waals surface area contributed by atoms with E-state index in [0.29, 0.717) is 5.56 Å². The lowest BCUT2D eigenvalue weighted by Gasteiger charge is -2.06. The molecule has 1 amide bonds. The van der Waals surface area contributed by atoms with Gasteiger partial charge in [-0.15, -0.1) is 0 Å². The third kappa shape index (κ3) is 2.46. The van der Waals surface area contributed by atoms with Crippen molar-refractivity contribution in [3.63, 3.8) is 0 Å². The van der Waals surface area contributed by atoms with Crippen LogP contribution in [0.1, 0.15) is 10.4 Å². The number of nitriles is 1. The number of nitrogens with one attached hydrogen (secondary N) is 1. The lowest BCUT2D eigenvalue weighted by Crippen LogP contribution is -2.31. The van der Waals surface area contributed by atoms with Crippen LogP contribution in [0.25, 0.3) is 0 Å². The molecule has 0 spiro atoms. The van der Waals surface area contributed by atoms with E-state index in [4.69, 9.17) is 5.26 Å². The van der Waals surface area contributed by atoms with Crippen LogP contribution in [0.2, 0.25) is 0 Å². The Morgan fingerprint density at radius 1 is 1.50 bits per heavy atom. The molecule has 70 valence electrons. The summed E-state index contributed by atoms with van der Waals surface area (Å²) >= 11 is 0. The van der Waals surface area contributed by atoms with Gasteiger partial charge in [-0.3, -0.25) is 4.79 Å². The summed E-state index contributed by atoms with van der Waals surface area (Å²) in [5.41, 5.74) is 0.537. The molecule has 1 rings (SSSR count). The molecule has 0 radical (unpaired) electrons. The molecule has 0 aliphatic carbocycles. The summed E-state index contributed by atoms with van der Waals surface area (Å²) in [6.07, 6.45) is 1.39. The minimum absolute atomic E-state index is 0.267. The molecular weight excluding hydrogens is 176 g/mol. The van der Waals surface area contributed by atoms with E-state index in [1.165, 1.54) is 6.08 Å². The minimum Gasteiger partial charge on any atom is -0.333 e. The average Bonchev–Trinajstić information content (AvgIpc) is 2.26.